The van der Waals surface area contributed by atoms with Crippen molar-refractivity contribution in [3.63, 3.8) is 0 Å². The largest absolute Gasteiger partial charge is 0.256 e. The van der Waals surface area contributed by atoms with Crippen LogP contribution in [0.5, 0.6) is 0 Å². The summed E-state index contributed by atoms with van der Waals surface area (Å²) in [5, 5.41) is 1.28. The lowest BCUT2D eigenvalue weighted by molar-refractivity contribution is 1.18. The van der Waals surface area contributed by atoms with Crippen molar-refractivity contribution in [3.8, 4) is 201 Å². The van der Waals surface area contributed by atoms with Crippen molar-refractivity contribution >= 4 is 23.2 Å². The van der Waals surface area contributed by atoms with E-state index in [1.807, 2.05) is 36.9 Å². The van der Waals surface area contributed by atoms with E-state index in [0.717, 1.165) is 223 Å². The first kappa shape index (κ1) is 75.4. The molecule has 0 fully saturated rings. The summed E-state index contributed by atoms with van der Waals surface area (Å²) in [6.45, 7) is 8.25. The fraction of sp³-hybridized carbons (Fsp3) is 0.0357. The predicted octanol–water partition coefficient (Wildman–Crippen LogP) is 30.6. The summed E-state index contributed by atoms with van der Waals surface area (Å²) >= 11 is 14.3. The molecule has 0 saturated heterocycles. The number of hydrogen-bond donors (Lipinski definition) is 0. The van der Waals surface area contributed by atoms with Crippen LogP contribution >= 0.6 is 23.2 Å². The van der Waals surface area contributed by atoms with Crippen LogP contribution in [0.4, 0.5) is 0 Å². The standard InChI is InChI=1S/C112H78Cl2N6/c1-71-21-53-107(115-66-71)81-37-25-75(26-38-81)95-13-5-9-17-99(95)87-57-88(100-18-10-6-14-96(100)76-27-39-82(40-28-76)108-54-22-72(2)67-116-108)60-91(59-87)105-63-93(113)49-51-103(105)79-33-45-85(46-34-79)111-65-112(120-70-119-111)86-47-35-80(36-48-86)104-52-50-94(114)64-106(104)92-61-89(101-19-11-7-15-97(101)77-29-41-83(42-30-77)109-55-23-73(3)68-117-109)58-90(62-92)102-20-12-8-16-98(102)78-31-43-84(44-32-78)110-56-24-74(4)69-118-110/h5-70H,1-4H3. The highest BCUT2D eigenvalue weighted by Crippen LogP contribution is 2.47. The first-order valence-electron chi connectivity index (χ1n) is 40.3. The van der Waals surface area contributed by atoms with Crippen LogP contribution in [-0.2, 0) is 0 Å². The molecule has 0 spiro atoms. The van der Waals surface area contributed by atoms with Gasteiger partial charge < -0.3 is 0 Å². The quantitative estimate of drug-likeness (QED) is 0.0852. The second kappa shape index (κ2) is 33.1. The third kappa shape index (κ3) is 15.8. The summed E-state index contributed by atoms with van der Waals surface area (Å²) < 4.78 is 0. The van der Waals surface area contributed by atoms with E-state index in [1.54, 1.807) is 6.33 Å². The molecule has 570 valence electrons. The Morgan fingerprint density at radius 3 is 0.558 bits per heavy atom. The Bertz CT molecular complexity index is 6270. The maximum Gasteiger partial charge on any atom is 0.116 e. The van der Waals surface area contributed by atoms with E-state index in [9.17, 15) is 0 Å². The Labute approximate surface area is 710 Å². The van der Waals surface area contributed by atoms with Crippen molar-refractivity contribution < 1.29 is 0 Å². The Hall–Kier alpha value is -14.7. The Morgan fingerprint density at radius 2 is 0.342 bits per heavy atom. The summed E-state index contributed by atoms with van der Waals surface area (Å²) in [5.74, 6) is 0. The number of benzene rings is 14. The molecule has 19 rings (SSSR count). The molecule has 0 atom stereocenters. The third-order valence-corrected chi connectivity index (χ3v) is 23.1. The molecule has 0 aliphatic carbocycles. The molecule has 120 heavy (non-hydrogen) atoms. The number of aromatic nitrogens is 6. The van der Waals surface area contributed by atoms with Crippen molar-refractivity contribution in [1.82, 2.24) is 29.9 Å². The maximum atomic E-state index is 7.15. The first-order valence-corrected chi connectivity index (χ1v) is 41.1. The van der Waals surface area contributed by atoms with Crippen LogP contribution in [0.3, 0.4) is 0 Å². The molecule has 0 radical (unpaired) electrons. The lowest BCUT2D eigenvalue weighted by atomic mass is 9.86. The number of hydrogen-bond acceptors (Lipinski definition) is 6. The van der Waals surface area contributed by atoms with Gasteiger partial charge in [0.2, 0.25) is 0 Å². The van der Waals surface area contributed by atoms with E-state index in [4.69, 9.17) is 53.1 Å². The molecule has 0 saturated carbocycles. The van der Waals surface area contributed by atoms with Gasteiger partial charge in [0.15, 0.2) is 0 Å². The SMILES string of the molecule is Cc1ccc(-c2ccc(-c3ccccc3-c3cc(-c4ccccc4-c4ccc(-c5ccc(C)cn5)cc4)cc(-c4cc(Cl)ccc4-c4ccc(-c5cc(-c6ccc(-c7ccc(Cl)cc7-c7cc(-c8ccccc8-c8ccc(-c9ccc(C)cn9)cc8)cc(-c8ccccc8-c8ccc(-c9ccc(C)cn9)cc8)c7)cc6)ncn5)cc4)c3)cc2)nc1. The van der Waals surface area contributed by atoms with Crippen LogP contribution in [-0.4, -0.2) is 29.9 Å². The average molecular weight is 1580 g/mol. The van der Waals surface area contributed by atoms with Crippen molar-refractivity contribution in [2.75, 3.05) is 0 Å². The van der Waals surface area contributed by atoms with Gasteiger partial charge in [-0.15, -0.1) is 0 Å². The molecule has 0 aliphatic rings. The van der Waals surface area contributed by atoms with Crippen LogP contribution in [0.25, 0.3) is 201 Å². The van der Waals surface area contributed by atoms with E-state index in [2.05, 4.69) is 386 Å². The molecule has 0 bridgehead atoms. The van der Waals surface area contributed by atoms with Crippen molar-refractivity contribution in [2.45, 2.75) is 27.7 Å². The summed E-state index contributed by atoms with van der Waals surface area (Å²) in [6.07, 6.45) is 9.34. The smallest absolute Gasteiger partial charge is 0.116 e. The highest BCUT2D eigenvalue weighted by molar-refractivity contribution is 6.31. The normalized spacial score (nSPS) is 11.2. The molecule has 5 aromatic heterocycles. The summed E-state index contributed by atoms with van der Waals surface area (Å²) in [6, 6.07) is 132. The Balaban J connectivity index is 0.651. The molecule has 6 nitrogen and oxygen atoms in total. The molecule has 8 heteroatoms. The number of nitrogens with zero attached hydrogens (tertiary/aromatic N) is 6. The molecule has 0 amide bonds. The molecular formula is C112H78Cl2N6. The Kier molecular flexibility index (Phi) is 20.8. The number of aryl methyl sites for hydroxylation is 4. The third-order valence-electron chi connectivity index (χ3n) is 22.7. The van der Waals surface area contributed by atoms with Gasteiger partial charge in [0.05, 0.1) is 34.2 Å². The van der Waals surface area contributed by atoms with E-state index in [-0.39, 0.29) is 0 Å². The van der Waals surface area contributed by atoms with Gasteiger partial charge in [-0.2, -0.15) is 0 Å². The minimum atomic E-state index is 0.639. The van der Waals surface area contributed by atoms with Gasteiger partial charge in [-0.25, -0.2) is 9.97 Å². The van der Waals surface area contributed by atoms with E-state index >= 15 is 0 Å². The molecule has 0 unspecified atom stereocenters. The van der Waals surface area contributed by atoms with E-state index in [1.165, 1.54) is 0 Å². The highest BCUT2D eigenvalue weighted by atomic mass is 35.5. The monoisotopic (exact) mass is 1580 g/mol. The summed E-state index contributed by atoms with van der Waals surface area (Å²) in [5.41, 5.74) is 41.8. The van der Waals surface area contributed by atoms with Gasteiger partial charge in [-0.3, -0.25) is 19.9 Å². The first-order chi connectivity index (χ1) is 58.9. The molecule has 0 aliphatic heterocycles. The van der Waals surface area contributed by atoms with Gasteiger partial charge in [-0.1, -0.05) is 302 Å². The predicted molar refractivity (Wildman–Crippen MR) is 500 cm³/mol. The Morgan fingerprint density at radius 1 is 0.150 bits per heavy atom. The van der Waals surface area contributed by atoms with Crippen LogP contribution in [0.2, 0.25) is 10.0 Å². The average Bonchev–Trinajstić information content (AvgIpc) is 0.767. The zero-order valence-corrected chi connectivity index (χ0v) is 68.1. The van der Waals surface area contributed by atoms with Crippen molar-refractivity contribution in [3.05, 3.63) is 433 Å². The molecule has 0 N–H and O–H groups in total. The van der Waals surface area contributed by atoms with Crippen molar-refractivity contribution in [2.24, 2.45) is 0 Å². The van der Waals surface area contributed by atoms with Crippen molar-refractivity contribution in [1.29, 1.82) is 0 Å². The van der Waals surface area contributed by atoms with E-state index < -0.39 is 0 Å². The zero-order valence-electron chi connectivity index (χ0n) is 66.5. The van der Waals surface area contributed by atoms with Crippen LogP contribution in [0.1, 0.15) is 22.3 Å². The second-order valence-electron chi connectivity index (χ2n) is 30.8. The zero-order chi connectivity index (χ0) is 81.2. The lowest BCUT2D eigenvalue weighted by Gasteiger charge is -2.18. The fourth-order valence-corrected chi connectivity index (χ4v) is 16.6. The van der Waals surface area contributed by atoms with Gasteiger partial charge >= 0.3 is 0 Å². The highest BCUT2D eigenvalue weighted by Gasteiger charge is 2.22. The van der Waals surface area contributed by atoms with Crippen LogP contribution in [0.15, 0.2) is 401 Å². The van der Waals surface area contributed by atoms with Gasteiger partial charge in [0.1, 0.15) is 6.33 Å². The van der Waals surface area contributed by atoms with Crippen LogP contribution in [0, 0.1) is 27.7 Å². The number of pyridine rings is 4. The molecule has 14 aromatic carbocycles. The summed E-state index contributed by atoms with van der Waals surface area (Å²) in [4.78, 5) is 28.8. The molecule has 19 aromatic rings. The topological polar surface area (TPSA) is 77.3 Å². The summed E-state index contributed by atoms with van der Waals surface area (Å²) in [7, 11) is 0. The molecular weight excluding hydrogens is 1500 g/mol. The fourth-order valence-electron chi connectivity index (χ4n) is 16.3. The second-order valence-corrected chi connectivity index (χ2v) is 31.7. The van der Waals surface area contributed by atoms with E-state index in [0.29, 0.717) is 10.0 Å². The minimum Gasteiger partial charge on any atom is -0.256 e. The number of halogens is 2. The van der Waals surface area contributed by atoms with Gasteiger partial charge in [0, 0.05) is 68.2 Å². The minimum absolute atomic E-state index is 0.639. The molecule has 5 heterocycles. The van der Waals surface area contributed by atoms with Gasteiger partial charge in [0.25, 0.3) is 0 Å². The maximum absolute atomic E-state index is 7.15. The lowest BCUT2D eigenvalue weighted by Crippen LogP contribution is -1.93. The van der Waals surface area contributed by atoms with Gasteiger partial charge in [-0.05, 0) is 274 Å². The number of rotatable bonds is 18. The van der Waals surface area contributed by atoms with Crippen LogP contribution < -0.4 is 0 Å².